The maximum absolute atomic E-state index is 12.9. The highest BCUT2D eigenvalue weighted by Crippen LogP contribution is 2.11. The second-order valence-electron chi connectivity index (χ2n) is 3.38. The van der Waals surface area contributed by atoms with Crippen LogP contribution in [-0.4, -0.2) is 9.97 Å². The van der Waals surface area contributed by atoms with Crippen LogP contribution >= 0.6 is 22.6 Å². The van der Waals surface area contributed by atoms with Crippen molar-refractivity contribution in [3.05, 3.63) is 55.9 Å². The maximum Gasteiger partial charge on any atom is 0.266 e. The van der Waals surface area contributed by atoms with Crippen molar-refractivity contribution in [1.29, 1.82) is 0 Å². The summed E-state index contributed by atoms with van der Waals surface area (Å²) in [5.41, 5.74) is 0.602. The molecule has 0 aliphatic carbocycles. The van der Waals surface area contributed by atoms with Crippen LogP contribution in [0.15, 0.2) is 35.4 Å². The zero-order valence-electron chi connectivity index (χ0n) is 8.71. The Hall–Kier alpha value is -1.44. The SMILES string of the molecule is O=c1[nH]cnc(NCc2cccc(F)c2)c1I. The van der Waals surface area contributed by atoms with Crippen LogP contribution in [-0.2, 0) is 6.54 Å². The topological polar surface area (TPSA) is 57.8 Å². The number of nitrogens with one attached hydrogen (secondary N) is 2. The molecular weight excluding hydrogens is 336 g/mol. The summed E-state index contributed by atoms with van der Waals surface area (Å²) in [5, 5.41) is 2.99. The molecule has 17 heavy (non-hydrogen) atoms. The first kappa shape index (κ1) is 12.0. The van der Waals surface area contributed by atoms with Gasteiger partial charge in [-0.1, -0.05) is 12.1 Å². The molecule has 0 aliphatic heterocycles. The van der Waals surface area contributed by atoms with Gasteiger partial charge in [0.1, 0.15) is 15.2 Å². The fourth-order valence-electron chi connectivity index (χ4n) is 1.34. The number of aromatic amines is 1. The second-order valence-corrected chi connectivity index (χ2v) is 4.46. The van der Waals surface area contributed by atoms with Crippen LogP contribution in [0.25, 0.3) is 0 Å². The van der Waals surface area contributed by atoms with Crippen molar-refractivity contribution in [3.8, 4) is 0 Å². The molecule has 1 aromatic carbocycles. The van der Waals surface area contributed by atoms with E-state index in [4.69, 9.17) is 0 Å². The highest BCUT2D eigenvalue weighted by atomic mass is 127. The van der Waals surface area contributed by atoms with E-state index in [0.717, 1.165) is 5.56 Å². The number of hydrogen-bond acceptors (Lipinski definition) is 3. The average molecular weight is 345 g/mol. The lowest BCUT2D eigenvalue weighted by atomic mass is 10.2. The van der Waals surface area contributed by atoms with Gasteiger partial charge in [0.05, 0.1) is 6.33 Å². The van der Waals surface area contributed by atoms with Gasteiger partial charge in [-0.25, -0.2) is 9.37 Å². The third kappa shape index (κ3) is 3.02. The van der Waals surface area contributed by atoms with Crippen molar-refractivity contribution in [3.63, 3.8) is 0 Å². The molecule has 88 valence electrons. The maximum atomic E-state index is 12.9. The number of rotatable bonds is 3. The van der Waals surface area contributed by atoms with Crippen LogP contribution in [0.3, 0.4) is 0 Å². The average Bonchev–Trinajstić information content (AvgIpc) is 2.31. The smallest absolute Gasteiger partial charge is 0.266 e. The monoisotopic (exact) mass is 345 g/mol. The van der Waals surface area contributed by atoms with E-state index in [2.05, 4.69) is 15.3 Å². The summed E-state index contributed by atoms with van der Waals surface area (Å²) in [6, 6.07) is 6.27. The van der Waals surface area contributed by atoms with Gasteiger partial charge in [-0.15, -0.1) is 0 Å². The summed E-state index contributed by atoms with van der Waals surface area (Å²) in [4.78, 5) is 17.8. The zero-order chi connectivity index (χ0) is 12.3. The Bertz CT molecular complexity index is 585. The van der Waals surface area contributed by atoms with Gasteiger partial charge in [0.15, 0.2) is 0 Å². The molecular formula is C11H9FIN3O. The van der Waals surface area contributed by atoms with Crippen molar-refractivity contribution in [2.45, 2.75) is 6.54 Å². The highest BCUT2D eigenvalue weighted by molar-refractivity contribution is 14.1. The van der Waals surface area contributed by atoms with Crippen LogP contribution in [0, 0.1) is 9.39 Å². The second kappa shape index (κ2) is 5.26. The lowest BCUT2D eigenvalue weighted by Crippen LogP contribution is -2.14. The lowest BCUT2D eigenvalue weighted by molar-refractivity contribution is 0.626. The molecule has 1 heterocycles. The molecule has 0 fully saturated rings. The van der Waals surface area contributed by atoms with E-state index in [1.54, 1.807) is 12.1 Å². The quantitative estimate of drug-likeness (QED) is 0.838. The van der Waals surface area contributed by atoms with Crippen molar-refractivity contribution >= 4 is 28.4 Å². The fourth-order valence-corrected chi connectivity index (χ4v) is 1.82. The van der Waals surface area contributed by atoms with Crippen LogP contribution in [0.1, 0.15) is 5.56 Å². The Morgan fingerprint density at radius 1 is 1.47 bits per heavy atom. The van der Waals surface area contributed by atoms with Gasteiger partial charge < -0.3 is 10.3 Å². The van der Waals surface area contributed by atoms with E-state index in [1.165, 1.54) is 18.5 Å². The van der Waals surface area contributed by atoms with E-state index < -0.39 is 0 Å². The fraction of sp³-hybridized carbons (Fsp3) is 0.0909. The first-order valence-corrected chi connectivity index (χ1v) is 5.96. The molecule has 0 saturated carbocycles. The van der Waals surface area contributed by atoms with E-state index in [9.17, 15) is 9.18 Å². The molecule has 0 spiro atoms. The normalized spacial score (nSPS) is 10.2. The minimum atomic E-state index is -0.280. The summed E-state index contributed by atoms with van der Waals surface area (Å²) in [6.07, 6.45) is 1.33. The van der Waals surface area contributed by atoms with Gasteiger partial charge in [0.2, 0.25) is 0 Å². The Kier molecular flexibility index (Phi) is 3.72. The molecule has 2 aromatic rings. The summed E-state index contributed by atoms with van der Waals surface area (Å²) < 4.78 is 13.4. The number of aromatic nitrogens is 2. The van der Waals surface area contributed by atoms with E-state index >= 15 is 0 Å². The molecule has 0 bridgehead atoms. The van der Waals surface area contributed by atoms with Gasteiger partial charge in [0, 0.05) is 6.54 Å². The minimum Gasteiger partial charge on any atom is -0.365 e. The number of anilines is 1. The molecule has 0 aliphatic rings. The summed E-state index contributed by atoms with van der Waals surface area (Å²) in [5.74, 6) is 0.219. The third-order valence-electron chi connectivity index (χ3n) is 2.15. The van der Waals surface area contributed by atoms with E-state index in [0.29, 0.717) is 15.9 Å². The van der Waals surface area contributed by atoms with Gasteiger partial charge in [-0.3, -0.25) is 4.79 Å². The first-order valence-electron chi connectivity index (χ1n) is 4.88. The molecule has 0 amide bonds. The Morgan fingerprint density at radius 3 is 3.06 bits per heavy atom. The number of nitrogens with zero attached hydrogens (tertiary/aromatic N) is 1. The Labute approximate surface area is 110 Å². The summed E-state index contributed by atoms with van der Waals surface area (Å²) in [6.45, 7) is 0.421. The molecule has 4 nitrogen and oxygen atoms in total. The van der Waals surface area contributed by atoms with E-state index in [1.807, 2.05) is 22.6 Å². The predicted octanol–water partition coefficient (Wildman–Crippen LogP) is 2.13. The molecule has 0 radical (unpaired) electrons. The van der Waals surface area contributed by atoms with Crippen LogP contribution in [0.4, 0.5) is 10.2 Å². The number of hydrogen-bond donors (Lipinski definition) is 2. The van der Waals surface area contributed by atoms with Crippen molar-refractivity contribution in [2.24, 2.45) is 0 Å². The number of benzene rings is 1. The van der Waals surface area contributed by atoms with Gasteiger partial charge in [0.25, 0.3) is 5.56 Å². The van der Waals surface area contributed by atoms with Gasteiger partial charge >= 0.3 is 0 Å². The molecule has 0 unspecified atom stereocenters. The van der Waals surface area contributed by atoms with Crippen molar-refractivity contribution < 1.29 is 4.39 Å². The molecule has 1 aromatic heterocycles. The molecule has 0 saturated heterocycles. The zero-order valence-corrected chi connectivity index (χ0v) is 10.9. The third-order valence-corrected chi connectivity index (χ3v) is 3.15. The van der Waals surface area contributed by atoms with Crippen LogP contribution in [0.5, 0.6) is 0 Å². The Balaban J connectivity index is 2.13. The number of halogens is 2. The molecule has 6 heteroatoms. The minimum absolute atomic E-state index is 0.192. The van der Waals surface area contributed by atoms with Crippen molar-refractivity contribution in [1.82, 2.24) is 9.97 Å². The largest absolute Gasteiger partial charge is 0.365 e. The van der Waals surface area contributed by atoms with Crippen molar-refractivity contribution in [2.75, 3.05) is 5.32 Å². The standard InChI is InChI=1S/C11H9FIN3O/c12-8-3-1-2-7(4-8)5-14-10-9(13)11(17)16-6-15-10/h1-4,6H,5H2,(H2,14,15,16,17). The number of H-pyrrole nitrogens is 1. The molecule has 0 atom stereocenters. The first-order chi connectivity index (χ1) is 8.16. The highest BCUT2D eigenvalue weighted by Gasteiger charge is 2.04. The van der Waals surface area contributed by atoms with Gasteiger partial charge in [-0.05, 0) is 40.3 Å². The molecule has 2 rings (SSSR count). The summed E-state index contributed by atoms with van der Waals surface area (Å²) in [7, 11) is 0. The van der Waals surface area contributed by atoms with Gasteiger partial charge in [-0.2, -0.15) is 0 Å². The molecule has 2 N–H and O–H groups in total. The van der Waals surface area contributed by atoms with Crippen LogP contribution < -0.4 is 10.9 Å². The van der Waals surface area contributed by atoms with Crippen LogP contribution in [0.2, 0.25) is 0 Å². The Morgan fingerprint density at radius 2 is 2.29 bits per heavy atom. The lowest BCUT2D eigenvalue weighted by Gasteiger charge is -2.06. The predicted molar refractivity (Wildman–Crippen MR) is 71.3 cm³/mol. The van der Waals surface area contributed by atoms with E-state index in [-0.39, 0.29) is 11.4 Å². The summed E-state index contributed by atoms with van der Waals surface area (Å²) >= 11 is 1.91.